The Hall–Kier alpha value is -1.71. The maximum atomic E-state index is 5.53. The Balaban J connectivity index is 2.17. The third-order valence-electron chi connectivity index (χ3n) is 1.97. The van der Waals surface area contributed by atoms with Gasteiger partial charge in [0.2, 0.25) is 0 Å². The molecular weight excluding hydrogens is 202 g/mol. The van der Waals surface area contributed by atoms with Crippen molar-refractivity contribution < 1.29 is 4.74 Å². The molecule has 88 valence electrons. The second-order valence-corrected chi connectivity index (χ2v) is 3.19. The highest BCUT2D eigenvalue weighted by Crippen LogP contribution is 2.07. The van der Waals surface area contributed by atoms with Crippen LogP contribution >= 0.6 is 0 Å². The van der Waals surface area contributed by atoms with Gasteiger partial charge in [0.05, 0.1) is 6.54 Å². The molecule has 1 aromatic carbocycles. The quantitative estimate of drug-likeness (QED) is 0.447. The van der Waals surface area contributed by atoms with Crippen LogP contribution in [0.2, 0.25) is 0 Å². The maximum absolute atomic E-state index is 5.53. The van der Waals surface area contributed by atoms with Gasteiger partial charge in [-0.05, 0) is 19.1 Å². The highest BCUT2D eigenvalue weighted by molar-refractivity contribution is 5.79. The normalized spacial score (nSPS) is 11.0. The molecule has 0 fully saturated rings. The molecule has 0 spiro atoms. The first-order valence-electron chi connectivity index (χ1n) is 5.49. The minimum absolute atomic E-state index is 0.619. The molecule has 0 saturated heterocycles. The van der Waals surface area contributed by atoms with Crippen molar-refractivity contribution in [2.24, 2.45) is 4.99 Å². The fourth-order valence-corrected chi connectivity index (χ4v) is 1.24. The van der Waals surface area contributed by atoms with E-state index >= 15 is 0 Å². The number of benzene rings is 1. The van der Waals surface area contributed by atoms with Gasteiger partial charge in [-0.15, -0.1) is 0 Å². The molecule has 2 N–H and O–H groups in total. The summed E-state index contributed by atoms with van der Waals surface area (Å²) in [6, 6.07) is 9.77. The van der Waals surface area contributed by atoms with Crippen LogP contribution in [0.3, 0.4) is 0 Å². The van der Waals surface area contributed by atoms with Crippen LogP contribution in [-0.2, 0) is 0 Å². The Morgan fingerprint density at radius 2 is 2.00 bits per heavy atom. The van der Waals surface area contributed by atoms with Crippen molar-refractivity contribution in [1.29, 1.82) is 0 Å². The van der Waals surface area contributed by atoms with E-state index in [1.165, 1.54) is 0 Å². The molecule has 0 aliphatic heterocycles. The molecule has 1 aromatic rings. The summed E-state index contributed by atoms with van der Waals surface area (Å²) in [6.07, 6.45) is 0. The van der Waals surface area contributed by atoms with Crippen molar-refractivity contribution in [2.75, 3.05) is 26.7 Å². The molecule has 0 amide bonds. The maximum Gasteiger partial charge on any atom is 0.191 e. The smallest absolute Gasteiger partial charge is 0.191 e. The molecular formula is C12H19N3O. The number of para-hydroxylation sites is 1. The van der Waals surface area contributed by atoms with Crippen molar-refractivity contribution in [3.63, 3.8) is 0 Å². The molecule has 0 saturated carbocycles. The lowest BCUT2D eigenvalue weighted by atomic mass is 10.3. The van der Waals surface area contributed by atoms with Crippen molar-refractivity contribution in [1.82, 2.24) is 10.6 Å². The highest BCUT2D eigenvalue weighted by atomic mass is 16.5. The van der Waals surface area contributed by atoms with E-state index in [0.717, 1.165) is 24.8 Å². The Morgan fingerprint density at radius 3 is 2.62 bits per heavy atom. The second-order valence-electron chi connectivity index (χ2n) is 3.19. The number of guanidine groups is 1. The first kappa shape index (κ1) is 12.4. The van der Waals surface area contributed by atoms with E-state index in [2.05, 4.69) is 15.6 Å². The summed E-state index contributed by atoms with van der Waals surface area (Å²) >= 11 is 0. The molecule has 16 heavy (non-hydrogen) atoms. The van der Waals surface area contributed by atoms with Crippen LogP contribution in [0.4, 0.5) is 0 Å². The minimum Gasteiger partial charge on any atom is -0.492 e. The number of hydrogen-bond donors (Lipinski definition) is 2. The van der Waals surface area contributed by atoms with E-state index in [-0.39, 0.29) is 0 Å². The third-order valence-corrected chi connectivity index (χ3v) is 1.97. The molecule has 0 bridgehead atoms. The predicted molar refractivity (Wildman–Crippen MR) is 67.0 cm³/mol. The number of ether oxygens (including phenoxy) is 1. The monoisotopic (exact) mass is 221 g/mol. The molecule has 0 atom stereocenters. The number of nitrogens with zero attached hydrogens (tertiary/aromatic N) is 1. The van der Waals surface area contributed by atoms with Crippen molar-refractivity contribution in [3.05, 3.63) is 30.3 Å². The number of rotatable bonds is 5. The molecule has 0 heterocycles. The predicted octanol–water partition coefficient (Wildman–Crippen LogP) is 1.25. The Kier molecular flexibility index (Phi) is 5.84. The molecule has 0 aliphatic rings. The lowest BCUT2D eigenvalue weighted by Gasteiger charge is -2.10. The Bertz CT molecular complexity index is 311. The first-order valence-corrected chi connectivity index (χ1v) is 5.49. The van der Waals surface area contributed by atoms with Crippen molar-refractivity contribution in [3.8, 4) is 5.75 Å². The lowest BCUT2D eigenvalue weighted by molar-refractivity contribution is 0.322. The van der Waals surface area contributed by atoms with Gasteiger partial charge in [0.1, 0.15) is 12.4 Å². The van der Waals surface area contributed by atoms with Gasteiger partial charge in [-0.2, -0.15) is 0 Å². The van der Waals surface area contributed by atoms with Crippen LogP contribution in [0.5, 0.6) is 5.75 Å². The zero-order valence-electron chi connectivity index (χ0n) is 9.86. The Morgan fingerprint density at radius 1 is 1.25 bits per heavy atom. The summed E-state index contributed by atoms with van der Waals surface area (Å²) in [4.78, 5) is 4.06. The van der Waals surface area contributed by atoms with E-state index < -0.39 is 0 Å². The average Bonchev–Trinajstić information content (AvgIpc) is 2.34. The molecule has 0 unspecified atom stereocenters. The van der Waals surface area contributed by atoms with Crippen LogP contribution in [0.1, 0.15) is 6.92 Å². The van der Waals surface area contributed by atoms with Crippen LogP contribution in [0.25, 0.3) is 0 Å². The van der Waals surface area contributed by atoms with Crippen LogP contribution in [-0.4, -0.2) is 32.7 Å². The molecule has 0 radical (unpaired) electrons. The van der Waals surface area contributed by atoms with Crippen LogP contribution in [0, 0.1) is 0 Å². The van der Waals surface area contributed by atoms with E-state index in [9.17, 15) is 0 Å². The lowest BCUT2D eigenvalue weighted by Crippen LogP contribution is -2.39. The van der Waals surface area contributed by atoms with E-state index in [1.807, 2.05) is 37.3 Å². The zero-order chi connectivity index (χ0) is 11.6. The number of aliphatic imine (C=N–C) groups is 1. The van der Waals surface area contributed by atoms with Gasteiger partial charge in [0, 0.05) is 13.6 Å². The fourth-order valence-electron chi connectivity index (χ4n) is 1.24. The molecule has 4 heteroatoms. The second kappa shape index (κ2) is 7.56. The molecule has 4 nitrogen and oxygen atoms in total. The molecule has 0 aliphatic carbocycles. The van der Waals surface area contributed by atoms with Crippen LogP contribution in [0.15, 0.2) is 35.3 Å². The zero-order valence-corrected chi connectivity index (χ0v) is 9.86. The van der Waals surface area contributed by atoms with Crippen LogP contribution < -0.4 is 15.4 Å². The summed E-state index contributed by atoms with van der Waals surface area (Å²) in [7, 11) is 1.75. The Labute approximate surface area is 96.7 Å². The summed E-state index contributed by atoms with van der Waals surface area (Å²) in [5, 5.41) is 6.27. The first-order chi connectivity index (χ1) is 7.86. The topological polar surface area (TPSA) is 45.7 Å². The summed E-state index contributed by atoms with van der Waals surface area (Å²) in [6.45, 7) is 4.25. The fraction of sp³-hybridized carbons (Fsp3) is 0.417. The average molecular weight is 221 g/mol. The van der Waals surface area contributed by atoms with Gasteiger partial charge < -0.3 is 15.4 Å². The molecule has 0 aromatic heterocycles. The van der Waals surface area contributed by atoms with E-state index in [4.69, 9.17) is 4.74 Å². The summed E-state index contributed by atoms with van der Waals surface area (Å²) in [5.74, 6) is 1.70. The summed E-state index contributed by atoms with van der Waals surface area (Å²) in [5.41, 5.74) is 0. The largest absolute Gasteiger partial charge is 0.492 e. The van der Waals surface area contributed by atoms with Gasteiger partial charge in [0.25, 0.3) is 0 Å². The SMILES string of the molecule is CCNC(=NC)NCCOc1ccccc1. The minimum atomic E-state index is 0.619. The van der Waals surface area contributed by atoms with Crippen molar-refractivity contribution in [2.45, 2.75) is 6.92 Å². The van der Waals surface area contributed by atoms with Gasteiger partial charge in [-0.25, -0.2) is 0 Å². The number of hydrogen-bond acceptors (Lipinski definition) is 2. The van der Waals surface area contributed by atoms with E-state index in [0.29, 0.717) is 6.61 Å². The third kappa shape index (κ3) is 4.68. The van der Waals surface area contributed by atoms with Gasteiger partial charge in [0.15, 0.2) is 5.96 Å². The van der Waals surface area contributed by atoms with Gasteiger partial charge in [-0.1, -0.05) is 18.2 Å². The van der Waals surface area contributed by atoms with Crippen molar-refractivity contribution >= 4 is 5.96 Å². The van der Waals surface area contributed by atoms with Gasteiger partial charge >= 0.3 is 0 Å². The standard InChI is InChI=1S/C12H19N3O/c1-3-14-12(13-2)15-9-10-16-11-7-5-4-6-8-11/h4-8H,3,9-10H2,1-2H3,(H2,13,14,15). The molecule has 1 rings (SSSR count). The van der Waals surface area contributed by atoms with E-state index in [1.54, 1.807) is 7.05 Å². The summed E-state index contributed by atoms with van der Waals surface area (Å²) < 4.78 is 5.53. The number of nitrogens with one attached hydrogen (secondary N) is 2. The van der Waals surface area contributed by atoms with Gasteiger partial charge in [-0.3, -0.25) is 4.99 Å². The highest BCUT2D eigenvalue weighted by Gasteiger charge is 1.94.